The molecule has 0 radical (unpaired) electrons. The molecule has 4 heteroatoms. The Morgan fingerprint density at radius 1 is 1.93 bits per heavy atom. The zero-order valence-electron chi connectivity index (χ0n) is 15.3. The minimum absolute atomic E-state index is 0.128. The summed E-state index contributed by atoms with van der Waals surface area (Å²) in [5, 5.41) is 0. The van der Waals surface area contributed by atoms with E-state index in [1.54, 1.807) is 0 Å². The number of imidazole rings is 1. The highest BCUT2D eigenvalue weighted by atomic mass is 16.5. The van der Waals surface area contributed by atoms with Crippen molar-refractivity contribution in [1.82, 2.24) is 9.55 Å². The molecule has 0 bridgehead atoms. The molecule has 82 valence electrons. The van der Waals surface area contributed by atoms with Crippen molar-refractivity contribution in [3.8, 4) is 0 Å². The first kappa shape index (κ1) is 4.68. The topological polar surface area (TPSA) is 44.1 Å². The average molecular weight is 215 g/mol. The number of cyclic esters (lactones) is 1. The van der Waals surface area contributed by atoms with Crippen LogP contribution in [0, 0.1) is 11.8 Å². The van der Waals surface area contributed by atoms with Gasteiger partial charge >= 0.3 is 5.97 Å². The second kappa shape index (κ2) is 4.04. The van der Waals surface area contributed by atoms with E-state index >= 15 is 0 Å². The van der Waals surface area contributed by atoms with Gasteiger partial charge in [-0.1, -0.05) is 6.92 Å². The molecule has 0 amide bonds. The fourth-order valence-corrected chi connectivity index (χ4v) is 1.45. The summed E-state index contributed by atoms with van der Waals surface area (Å²) in [6.45, 7) is -1.82. The van der Waals surface area contributed by atoms with Crippen LogP contribution < -0.4 is 0 Å². The van der Waals surface area contributed by atoms with Crippen LogP contribution in [0.1, 0.15) is 28.6 Å². The van der Waals surface area contributed by atoms with E-state index in [-0.39, 0.29) is 12.1 Å². The molecule has 0 aliphatic carbocycles. The SMILES string of the molecule is [2H]C([2H])([2H])n1cncc1C([2H])([2H])[C@@]1([2H])COC(=O)[C@@]1([2H])CC. The molecule has 0 spiro atoms. The van der Waals surface area contributed by atoms with Gasteiger partial charge in [0.15, 0.2) is 0 Å². The maximum absolute atomic E-state index is 11.8. The molecule has 1 aliphatic heterocycles. The summed E-state index contributed by atoms with van der Waals surface area (Å²) in [6, 6.07) is 0. The Labute approximate surface area is 99.1 Å². The Morgan fingerprint density at radius 2 is 2.80 bits per heavy atom. The third-order valence-electron chi connectivity index (χ3n) is 2.23. The first-order chi connectivity index (χ1) is 9.92. The number of aromatic nitrogens is 2. The number of ether oxygens (including phenoxy) is 1. The number of carbonyl (C=O) groups is 1. The van der Waals surface area contributed by atoms with Gasteiger partial charge in [0.05, 0.1) is 18.8 Å². The monoisotopic (exact) mass is 215 g/mol. The standard InChI is InChI=1S/C11H16N2O2/c1-3-10-8(6-15-11(10)14)4-9-5-12-7-13(9)2/h5,7-8,10H,3-4,6H2,1-2H3/t8-,10-/m0/s1/i2D3,4D2,8D,10D. The second-order valence-electron chi connectivity index (χ2n) is 3.16. The van der Waals surface area contributed by atoms with Crippen LogP contribution in [-0.4, -0.2) is 22.1 Å². The zero-order chi connectivity index (χ0) is 17.0. The number of hydrogen-bond acceptors (Lipinski definition) is 3. The zero-order valence-corrected chi connectivity index (χ0v) is 8.28. The van der Waals surface area contributed by atoms with Crippen molar-refractivity contribution in [1.29, 1.82) is 0 Å². The van der Waals surface area contributed by atoms with Gasteiger partial charge < -0.3 is 9.30 Å². The molecule has 2 atom stereocenters. The van der Waals surface area contributed by atoms with Gasteiger partial charge in [0.2, 0.25) is 0 Å². The highest BCUT2D eigenvalue weighted by Gasteiger charge is 2.35. The lowest BCUT2D eigenvalue weighted by molar-refractivity contribution is -0.141. The van der Waals surface area contributed by atoms with Crippen LogP contribution in [0.3, 0.4) is 0 Å². The summed E-state index contributed by atoms with van der Waals surface area (Å²) in [7, 11) is 0. The van der Waals surface area contributed by atoms with Crippen molar-refractivity contribution < 1.29 is 19.1 Å². The lowest BCUT2D eigenvalue weighted by atomic mass is 9.89. The van der Waals surface area contributed by atoms with Crippen molar-refractivity contribution >= 4 is 5.97 Å². The summed E-state index contributed by atoms with van der Waals surface area (Å²) in [5.41, 5.74) is -0.383. The molecular weight excluding hydrogens is 192 g/mol. The number of nitrogens with zero attached hydrogens (tertiary/aromatic N) is 2. The van der Waals surface area contributed by atoms with E-state index in [1.807, 2.05) is 0 Å². The van der Waals surface area contributed by atoms with Crippen molar-refractivity contribution in [2.75, 3.05) is 6.61 Å². The van der Waals surface area contributed by atoms with Crippen LogP contribution >= 0.6 is 0 Å². The van der Waals surface area contributed by atoms with E-state index in [1.165, 1.54) is 6.92 Å². The second-order valence-corrected chi connectivity index (χ2v) is 3.16. The van der Waals surface area contributed by atoms with Crippen LogP contribution in [0.2, 0.25) is 0 Å². The Hall–Kier alpha value is -1.32. The van der Waals surface area contributed by atoms with Gasteiger partial charge in [-0.25, -0.2) is 4.98 Å². The normalized spacial score (nSPS) is 44.1. The Morgan fingerprint density at radius 3 is 3.53 bits per heavy atom. The molecule has 0 N–H and O–H groups in total. The molecule has 0 unspecified atom stereocenters. The van der Waals surface area contributed by atoms with Crippen LogP contribution in [0.4, 0.5) is 0 Å². The van der Waals surface area contributed by atoms with Crippen molar-refractivity contribution in [2.24, 2.45) is 18.8 Å². The molecule has 1 fully saturated rings. The first-order valence-electron chi connectivity index (χ1n) is 8.12. The van der Waals surface area contributed by atoms with E-state index in [2.05, 4.69) is 4.98 Å². The third-order valence-corrected chi connectivity index (χ3v) is 2.23. The van der Waals surface area contributed by atoms with Crippen LogP contribution in [0.25, 0.3) is 0 Å². The van der Waals surface area contributed by atoms with E-state index in [9.17, 15) is 4.79 Å². The van der Waals surface area contributed by atoms with E-state index in [4.69, 9.17) is 14.3 Å². The predicted octanol–water partition coefficient (Wildman–Crippen LogP) is 1.16. The Kier molecular flexibility index (Phi) is 1.26. The maximum atomic E-state index is 11.8. The fourth-order valence-electron chi connectivity index (χ4n) is 1.45. The highest BCUT2D eigenvalue weighted by Crippen LogP contribution is 2.27. The van der Waals surface area contributed by atoms with Gasteiger partial charge in [0, 0.05) is 34.4 Å². The lowest BCUT2D eigenvalue weighted by Crippen LogP contribution is -2.18. The molecule has 1 saturated heterocycles. The maximum Gasteiger partial charge on any atom is 0.309 e. The molecule has 0 aromatic carbocycles. The number of rotatable bonds is 3. The van der Waals surface area contributed by atoms with E-state index in [0.29, 0.717) is 4.57 Å². The van der Waals surface area contributed by atoms with Gasteiger partial charge in [-0.2, -0.15) is 0 Å². The molecule has 15 heavy (non-hydrogen) atoms. The van der Waals surface area contributed by atoms with Gasteiger partial charge in [-0.15, -0.1) is 0 Å². The highest BCUT2D eigenvalue weighted by molar-refractivity contribution is 5.74. The molecule has 1 aliphatic rings. The largest absolute Gasteiger partial charge is 0.465 e. The van der Waals surface area contributed by atoms with Gasteiger partial charge in [-0.05, 0) is 12.8 Å². The quantitative estimate of drug-likeness (QED) is 0.711. The van der Waals surface area contributed by atoms with Crippen molar-refractivity contribution in [2.45, 2.75) is 19.7 Å². The summed E-state index contributed by atoms with van der Waals surface area (Å²) >= 11 is 0. The molecule has 2 rings (SSSR count). The minimum Gasteiger partial charge on any atom is -0.465 e. The number of carbonyl (C=O) groups excluding carboxylic acids is 1. The van der Waals surface area contributed by atoms with Gasteiger partial charge in [-0.3, -0.25) is 4.79 Å². The molecule has 4 nitrogen and oxygen atoms in total. The minimum atomic E-state index is -2.68. The van der Waals surface area contributed by atoms with Crippen LogP contribution in [0.15, 0.2) is 12.5 Å². The number of esters is 1. The van der Waals surface area contributed by atoms with Gasteiger partial charge in [0.1, 0.15) is 0 Å². The average Bonchev–Trinajstić information content (AvgIpc) is 2.99. The first-order valence-corrected chi connectivity index (χ1v) is 4.62. The number of aryl methyl sites for hydroxylation is 1. The summed E-state index contributed by atoms with van der Waals surface area (Å²) in [5.74, 6) is -5.39. The molecule has 1 aromatic rings. The molecule has 0 saturated carbocycles. The fraction of sp³-hybridized carbons (Fsp3) is 0.636. The van der Waals surface area contributed by atoms with Crippen LogP contribution in [0.5, 0.6) is 0 Å². The summed E-state index contributed by atoms with van der Waals surface area (Å²) in [6.07, 6.45) is -0.807. The molecular formula is C11H16N2O2. The van der Waals surface area contributed by atoms with Crippen molar-refractivity contribution in [3.05, 3.63) is 18.2 Å². The summed E-state index contributed by atoms with van der Waals surface area (Å²) < 4.78 is 60.8. The van der Waals surface area contributed by atoms with Crippen LogP contribution in [-0.2, 0) is 22.9 Å². The molecule has 1 aromatic heterocycles. The number of hydrogen-bond donors (Lipinski definition) is 0. The lowest BCUT2D eigenvalue weighted by Gasteiger charge is -2.12. The summed E-state index contributed by atoms with van der Waals surface area (Å²) in [4.78, 5) is 15.5. The van der Waals surface area contributed by atoms with E-state index in [0.717, 1.165) is 12.5 Å². The molecule has 2 heterocycles. The predicted molar refractivity (Wildman–Crippen MR) is 55.1 cm³/mol. The van der Waals surface area contributed by atoms with Crippen molar-refractivity contribution in [3.63, 3.8) is 0 Å². The van der Waals surface area contributed by atoms with Gasteiger partial charge in [0.25, 0.3) is 0 Å². The Balaban J connectivity index is 2.60. The smallest absolute Gasteiger partial charge is 0.309 e. The van der Waals surface area contributed by atoms with E-state index < -0.39 is 37.7 Å². The third kappa shape index (κ3) is 1.89. The Bertz CT molecular complexity index is 600.